The third kappa shape index (κ3) is 7.86. The summed E-state index contributed by atoms with van der Waals surface area (Å²) in [5.41, 5.74) is 8.00. The molecule has 0 fully saturated rings. The minimum Gasteiger partial charge on any atom is -0.467 e. The molecule has 4 rings (SSSR count). The number of benzene rings is 2. The first-order chi connectivity index (χ1) is 20.5. The molecule has 4 N–H and O–H groups in total. The molecule has 9 heteroatoms. The van der Waals surface area contributed by atoms with Gasteiger partial charge in [0.05, 0.1) is 24.3 Å². The minimum atomic E-state index is -1.51. The van der Waals surface area contributed by atoms with Gasteiger partial charge in [0.15, 0.2) is 0 Å². The highest BCUT2D eigenvalue weighted by Crippen LogP contribution is 2.44. The highest BCUT2D eigenvalue weighted by Gasteiger charge is 2.48. The lowest BCUT2D eigenvalue weighted by molar-refractivity contribution is -0.132. The number of hydrogen-bond donors (Lipinski definition) is 3. The first-order valence-corrected chi connectivity index (χ1v) is 14.4. The van der Waals surface area contributed by atoms with Gasteiger partial charge in [-0.2, -0.15) is 0 Å². The Balaban J connectivity index is 1.64. The summed E-state index contributed by atoms with van der Waals surface area (Å²) in [6, 6.07) is 14.7. The number of nitrogens with one attached hydrogen (secondary N) is 1. The van der Waals surface area contributed by atoms with Gasteiger partial charge >= 0.3 is 0 Å². The Labute approximate surface area is 251 Å². The van der Waals surface area contributed by atoms with Crippen LogP contribution < -0.4 is 11.1 Å². The second-order valence-corrected chi connectivity index (χ2v) is 11.3. The maximum atomic E-state index is 14.2. The summed E-state index contributed by atoms with van der Waals surface area (Å²) < 4.78 is 33.8. The zero-order valence-corrected chi connectivity index (χ0v) is 24.8. The number of primary amides is 1. The summed E-state index contributed by atoms with van der Waals surface area (Å²) >= 11 is 0. The third-order valence-electron chi connectivity index (χ3n) is 8.01. The van der Waals surface area contributed by atoms with E-state index in [9.17, 15) is 23.5 Å². The number of rotatable bonds is 13. The fourth-order valence-corrected chi connectivity index (χ4v) is 5.92. The topological polar surface area (TPSA) is 109 Å². The Bertz CT molecular complexity index is 1480. The number of likely N-dealkylation sites (N-methyl/N-ethyl adjacent to an activating group) is 1. The van der Waals surface area contributed by atoms with Gasteiger partial charge in [-0.15, -0.1) is 0 Å². The van der Waals surface area contributed by atoms with E-state index in [-0.39, 0.29) is 37.4 Å². The van der Waals surface area contributed by atoms with Crippen molar-refractivity contribution in [1.82, 2.24) is 10.2 Å². The number of halogens is 2. The molecule has 1 unspecified atom stereocenters. The number of carbonyl (C=O) groups is 2. The second kappa shape index (κ2) is 13.9. The predicted octanol–water partition coefficient (Wildman–Crippen LogP) is 4.84. The molecule has 2 amide bonds. The number of hydrogen-bond acceptors (Lipinski definition) is 5. The van der Waals surface area contributed by atoms with Crippen LogP contribution in [0.15, 0.2) is 88.6 Å². The number of allylic oxidation sites excluding steroid dienone is 2. The highest BCUT2D eigenvalue weighted by molar-refractivity contribution is 5.96. The van der Waals surface area contributed by atoms with Crippen molar-refractivity contribution in [1.29, 1.82) is 0 Å². The quantitative estimate of drug-likeness (QED) is 0.264. The summed E-state index contributed by atoms with van der Waals surface area (Å²) in [6.07, 6.45) is 4.49. The Kier molecular flexibility index (Phi) is 10.3. The van der Waals surface area contributed by atoms with Gasteiger partial charge in [-0.05, 0) is 67.1 Å². The maximum absolute atomic E-state index is 14.2. The van der Waals surface area contributed by atoms with Crippen LogP contribution in [0.3, 0.4) is 0 Å². The fourth-order valence-electron chi connectivity index (χ4n) is 5.92. The lowest BCUT2D eigenvalue weighted by atomic mass is 9.63. The average molecular weight is 592 g/mol. The largest absolute Gasteiger partial charge is 0.467 e. The van der Waals surface area contributed by atoms with E-state index in [4.69, 9.17) is 10.2 Å². The van der Waals surface area contributed by atoms with Crippen LogP contribution in [-0.4, -0.2) is 41.5 Å². The molecule has 1 heterocycles. The number of aliphatic hydroxyl groups excluding tert-OH is 1. The molecule has 0 aliphatic heterocycles. The molecule has 0 saturated heterocycles. The van der Waals surface area contributed by atoms with Crippen LogP contribution in [0.5, 0.6) is 0 Å². The molecule has 3 atom stereocenters. The van der Waals surface area contributed by atoms with Crippen LogP contribution in [0.4, 0.5) is 8.78 Å². The first-order valence-electron chi connectivity index (χ1n) is 14.4. The Morgan fingerprint density at radius 1 is 1.09 bits per heavy atom. The molecule has 1 aromatic heterocycles. The van der Waals surface area contributed by atoms with E-state index in [2.05, 4.69) is 18.3 Å². The second-order valence-electron chi connectivity index (χ2n) is 11.3. The van der Waals surface area contributed by atoms with E-state index in [1.54, 1.807) is 38.3 Å². The van der Waals surface area contributed by atoms with Crippen LogP contribution in [-0.2, 0) is 35.5 Å². The van der Waals surface area contributed by atoms with Gasteiger partial charge in [0.1, 0.15) is 17.4 Å². The molecule has 1 aliphatic carbocycles. The van der Waals surface area contributed by atoms with E-state index in [1.165, 1.54) is 28.9 Å². The van der Waals surface area contributed by atoms with E-state index >= 15 is 0 Å². The van der Waals surface area contributed by atoms with Crippen molar-refractivity contribution in [2.24, 2.45) is 17.1 Å². The Hall–Kier alpha value is -4.08. The molecule has 0 bridgehead atoms. The van der Waals surface area contributed by atoms with Crippen molar-refractivity contribution in [3.05, 3.63) is 118 Å². The van der Waals surface area contributed by atoms with E-state index in [0.717, 1.165) is 18.1 Å². The van der Waals surface area contributed by atoms with E-state index < -0.39 is 35.0 Å². The third-order valence-corrected chi connectivity index (χ3v) is 8.01. The van der Waals surface area contributed by atoms with Crippen LogP contribution in [0.1, 0.15) is 42.7 Å². The highest BCUT2D eigenvalue weighted by atomic mass is 19.1. The van der Waals surface area contributed by atoms with E-state index in [0.29, 0.717) is 23.5 Å². The molecule has 43 heavy (non-hydrogen) atoms. The molecule has 3 aromatic rings. The number of nitrogens with zero attached hydrogens (tertiary/aromatic N) is 1. The predicted molar refractivity (Wildman–Crippen MR) is 160 cm³/mol. The molecule has 0 radical (unpaired) electrons. The van der Waals surface area contributed by atoms with Gasteiger partial charge in [0.2, 0.25) is 11.8 Å². The van der Waals surface area contributed by atoms with Gasteiger partial charge in [-0.1, -0.05) is 48.9 Å². The molecular formula is C34H39F2N3O4. The summed E-state index contributed by atoms with van der Waals surface area (Å²) in [6.45, 7) is 4.58. The Morgan fingerprint density at radius 3 is 2.47 bits per heavy atom. The smallest absolute Gasteiger partial charge is 0.249 e. The van der Waals surface area contributed by atoms with Crippen LogP contribution in [0.25, 0.3) is 0 Å². The molecule has 0 spiro atoms. The lowest BCUT2D eigenvalue weighted by Crippen LogP contribution is -2.51. The van der Waals surface area contributed by atoms with Crippen molar-refractivity contribution in [2.75, 3.05) is 13.6 Å². The molecule has 1 aliphatic rings. The summed E-state index contributed by atoms with van der Waals surface area (Å²) in [7, 11) is 1.63. The van der Waals surface area contributed by atoms with Crippen molar-refractivity contribution >= 4 is 11.8 Å². The lowest BCUT2D eigenvalue weighted by Gasteiger charge is -2.41. The SMILES string of the molecule is CCc1cccc(CNC[C@H](O)[C@@H](Cc2cc(F)cc(F)c2)C2(C(N)=O)C=C(C)C=C(C(=O)N(C)Cc3ccco3)C2)c1. The minimum absolute atomic E-state index is 0.0563. The molecule has 0 saturated carbocycles. The summed E-state index contributed by atoms with van der Waals surface area (Å²) in [4.78, 5) is 28.4. The summed E-state index contributed by atoms with van der Waals surface area (Å²) in [5, 5.41) is 14.9. The van der Waals surface area contributed by atoms with Gasteiger partial charge in [0.25, 0.3) is 0 Å². The van der Waals surface area contributed by atoms with Crippen LogP contribution >= 0.6 is 0 Å². The summed E-state index contributed by atoms with van der Waals surface area (Å²) in [5.74, 6) is -2.92. The fraction of sp³-hybridized carbons (Fsp3) is 0.353. The van der Waals surface area contributed by atoms with Crippen molar-refractivity contribution in [3.63, 3.8) is 0 Å². The van der Waals surface area contributed by atoms with Gasteiger partial charge < -0.3 is 25.5 Å². The normalized spacial score (nSPS) is 18.0. The number of carbonyl (C=O) groups excluding carboxylic acids is 2. The number of furan rings is 1. The van der Waals surface area contributed by atoms with Crippen molar-refractivity contribution < 1.29 is 27.9 Å². The Morgan fingerprint density at radius 2 is 1.81 bits per heavy atom. The van der Waals surface area contributed by atoms with Crippen LogP contribution in [0.2, 0.25) is 0 Å². The molecule has 7 nitrogen and oxygen atoms in total. The number of amides is 2. The van der Waals surface area contributed by atoms with E-state index in [1.807, 2.05) is 18.2 Å². The molecule has 2 aromatic carbocycles. The van der Waals surface area contributed by atoms with Gasteiger partial charge in [-0.25, -0.2) is 8.78 Å². The first kappa shape index (κ1) is 31.8. The maximum Gasteiger partial charge on any atom is 0.249 e. The standard InChI is InChI=1S/C34H39F2N3O4/c1-4-23-7-5-8-24(12-23)19-38-20-31(40)30(15-25-13-27(35)16-28(36)14-25)34(33(37)42)17-22(2)11-26(18-34)32(41)39(3)21-29-9-6-10-43-29/h5-14,16-17,30-31,38,40H,4,15,18-21H2,1-3H3,(H2,37,42)/t30-,31+,34?/m1/s1. The van der Waals surface area contributed by atoms with Crippen molar-refractivity contribution in [3.8, 4) is 0 Å². The average Bonchev–Trinajstić information content (AvgIpc) is 3.47. The monoisotopic (exact) mass is 591 g/mol. The zero-order valence-electron chi connectivity index (χ0n) is 24.8. The number of aliphatic hydroxyl groups is 1. The number of aryl methyl sites for hydroxylation is 1. The number of nitrogens with two attached hydrogens (primary N) is 1. The van der Waals surface area contributed by atoms with Gasteiger partial charge in [-0.3, -0.25) is 9.59 Å². The van der Waals surface area contributed by atoms with Crippen molar-refractivity contribution in [2.45, 2.75) is 52.3 Å². The van der Waals surface area contributed by atoms with Crippen LogP contribution in [0, 0.1) is 23.0 Å². The molecule has 228 valence electrons. The van der Waals surface area contributed by atoms with Gasteiger partial charge in [0, 0.05) is 37.7 Å². The zero-order chi connectivity index (χ0) is 31.1. The molecular weight excluding hydrogens is 552 g/mol.